The van der Waals surface area contributed by atoms with Crippen LogP contribution in [0.15, 0.2) is 30.3 Å². The first-order chi connectivity index (χ1) is 14.7. The van der Waals surface area contributed by atoms with Gasteiger partial charge in [0, 0.05) is 24.4 Å². The van der Waals surface area contributed by atoms with Gasteiger partial charge in [-0.3, -0.25) is 4.79 Å². The van der Waals surface area contributed by atoms with Gasteiger partial charge in [-0.15, -0.1) is 0 Å². The fourth-order valence-electron chi connectivity index (χ4n) is 8.73. The zero-order valence-corrected chi connectivity index (χ0v) is 19.2. The predicted molar refractivity (Wildman–Crippen MR) is 118 cm³/mol. The topological polar surface area (TPSA) is 63.6 Å². The van der Waals surface area contributed by atoms with E-state index in [1.165, 1.54) is 0 Å². The molecule has 7 atom stereocenters. The van der Waals surface area contributed by atoms with Crippen LogP contribution in [0.2, 0.25) is 0 Å². The summed E-state index contributed by atoms with van der Waals surface area (Å²) in [4.78, 5) is 26.1. The van der Waals surface area contributed by atoms with Crippen molar-refractivity contribution < 1.29 is 19.4 Å². The molecule has 31 heavy (non-hydrogen) atoms. The van der Waals surface area contributed by atoms with Crippen LogP contribution in [-0.2, 0) is 9.53 Å². The van der Waals surface area contributed by atoms with Crippen molar-refractivity contribution in [2.45, 2.75) is 78.2 Å². The second-order valence-corrected chi connectivity index (χ2v) is 11.8. The fraction of sp³-hybridized carbons (Fsp3) is 0.704. The smallest absolute Gasteiger partial charge is 0.338 e. The average molecular weight is 425 g/mol. The molecule has 5 rings (SSSR count). The van der Waals surface area contributed by atoms with Crippen molar-refractivity contribution in [2.24, 2.45) is 33.5 Å². The molecule has 4 nitrogen and oxygen atoms in total. The fourth-order valence-corrected chi connectivity index (χ4v) is 8.73. The first-order valence-electron chi connectivity index (χ1n) is 12.1. The Morgan fingerprint density at radius 2 is 1.84 bits per heavy atom. The maximum atomic E-state index is 13.1. The summed E-state index contributed by atoms with van der Waals surface area (Å²) in [6.45, 7) is 6.89. The Labute approximate surface area is 185 Å². The van der Waals surface area contributed by atoms with E-state index in [-0.39, 0.29) is 52.2 Å². The molecule has 4 unspecified atom stereocenters. The molecule has 0 saturated heterocycles. The minimum atomic E-state index is -0.284. The lowest BCUT2D eigenvalue weighted by Gasteiger charge is -2.67. The summed E-state index contributed by atoms with van der Waals surface area (Å²) in [5, 5.41) is 10.5. The van der Waals surface area contributed by atoms with E-state index in [2.05, 4.69) is 20.8 Å². The summed E-state index contributed by atoms with van der Waals surface area (Å²) < 4.78 is 6.26. The molecule has 168 valence electrons. The molecule has 0 aromatic heterocycles. The van der Waals surface area contributed by atoms with Crippen molar-refractivity contribution in [1.29, 1.82) is 0 Å². The van der Waals surface area contributed by atoms with Crippen LogP contribution < -0.4 is 0 Å². The molecule has 4 saturated carbocycles. The van der Waals surface area contributed by atoms with E-state index in [0.29, 0.717) is 17.8 Å². The van der Waals surface area contributed by atoms with Crippen LogP contribution in [0.5, 0.6) is 0 Å². The highest BCUT2D eigenvalue weighted by atomic mass is 16.5. The molecule has 1 spiro atoms. The number of hydrogen-bond acceptors (Lipinski definition) is 4. The van der Waals surface area contributed by atoms with Gasteiger partial charge < -0.3 is 9.84 Å². The number of rotatable bonds is 3. The lowest BCUT2D eigenvalue weighted by atomic mass is 9.37. The van der Waals surface area contributed by atoms with Crippen LogP contribution in [0, 0.1) is 33.5 Å². The molecule has 4 aliphatic carbocycles. The van der Waals surface area contributed by atoms with Gasteiger partial charge in [0.05, 0.1) is 5.56 Å². The van der Waals surface area contributed by atoms with E-state index in [1.807, 2.05) is 18.2 Å². The van der Waals surface area contributed by atoms with Crippen molar-refractivity contribution in [1.82, 2.24) is 0 Å². The zero-order valence-electron chi connectivity index (χ0n) is 19.2. The Kier molecular flexibility index (Phi) is 4.72. The molecule has 0 aliphatic heterocycles. The van der Waals surface area contributed by atoms with E-state index < -0.39 is 0 Å². The summed E-state index contributed by atoms with van der Waals surface area (Å²) in [5.41, 5.74) is 0.192. The number of fused-ring (bicyclic) bond motifs is 2. The number of esters is 1. The summed E-state index contributed by atoms with van der Waals surface area (Å²) in [7, 11) is 0. The number of aliphatic hydroxyl groups is 1. The molecule has 4 fully saturated rings. The predicted octanol–water partition coefficient (Wildman–Crippen LogP) is 5.19. The van der Waals surface area contributed by atoms with Crippen molar-refractivity contribution in [2.75, 3.05) is 6.61 Å². The molecule has 2 bridgehead atoms. The maximum Gasteiger partial charge on any atom is 0.338 e. The van der Waals surface area contributed by atoms with Gasteiger partial charge in [-0.1, -0.05) is 45.4 Å². The van der Waals surface area contributed by atoms with E-state index in [0.717, 1.165) is 44.9 Å². The van der Waals surface area contributed by atoms with Crippen molar-refractivity contribution in [3.63, 3.8) is 0 Å². The Morgan fingerprint density at radius 1 is 1.10 bits per heavy atom. The SMILES string of the molecule is CC12CCC3(C1)[C@H](CC2=O)CC(OC(=O)c1ccccc1)C1[C@@](C)(CO)CCC[C@@]13C. The lowest BCUT2D eigenvalue weighted by Crippen LogP contribution is -2.65. The molecule has 4 heteroatoms. The van der Waals surface area contributed by atoms with Crippen molar-refractivity contribution >= 4 is 11.8 Å². The van der Waals surface area contributed by atoms with Crippen LogP contribution in [-0.4, -0.2) is 29.6 Å². The Bertz CT molecular complexity index is 896. The number of ketones is 1. The third-order valence-corrected chi connectivity index (χ3v) is 10.3. The summed E-state index contributed by atoms with van der Waals surface area (Å²) in [6, 6.07) is 9.20. The molecule has 1 aromatic carbocycles. The molecule has 0 radical (unpaired) electrons. The van der Waals surface area contributed by atoms with Crippen LogP contribution in [0.1, 0.15) is 82.5 Å². The molecular weight excluding hydrogens is 388 g/mol. The summed E-state index contributed by atoms with van der Waals surface area (Å²) >= 11 is 0. The minimum Gasteiger partial charge on any atom is -0.458 e. The van der Waals surface area contributed by atoms with Crippen molar-refractivity contribution in [3.8, 4) is 0 Å². The van der Waals surface area contributed by atoms with Crippen LogP contribution in [0.4, 0.5) is 0 Å². The van der Waals surface area contributed by atoms with Gasteiger partial charge in [0.15, 0.2) is 0 Å². The van der Waals surface area contributed by atoms with E-state index in [4.69, 9.17) is 4.74 Å². The monoisotopic (exact) mass is 424 g/mol. The Balaban J connectivity index is 1.57. The lowest BCUT2D eigenvalue weighted by molar-refractivity contribution is -0.224. The minimum absolute atomic E-state index is 0.0360. The normalized spacial score (nSPS) is 46.2. The average Bonchev–Trinajstić information content (AvgIpc) is 3.08. The maximum absolute atomic E-state index is 13.1. The quantitative estimate of drug-likeness (QED) is 0.679. The van der Waals surface area contributed by atoms with Gasteiger partial charge in [-0.25, -0.2) is 4.79 Å². The molecule has 0 amide bonds. The molecule has 1 N–H and O–H groups in total. The number of Topliss-reactive ketones (excluding diaryl/α,β-unsaturated/α-hetero) is 1. The van der Waals surface area contributed by atoms with Crippen LogP contribution >= 0.6 is 0 Å². The number of aliphatic hydroxyl groups excluding tert-OH is 1. The third-order valence-electron chi connectivity index (χ3n) is 10.3. The number of carbonyl (C=O) groups is 2. The molecular formula is C27H36O4. The molecule has 0 heterocycles. The highest BCUT2D eigenvalue weighted by Gasteiger charge is 2.72. The van der Waals surface area contributed by atoms with E-state index in [1.54, 1.807) is 12.1 Å². The number of ether oxygens (including phenoxy) is 1. The third kappa shape index (κ3) is 2.83. The van der Waals surface area contributed by atoms with Gasteiger partial charge in [0.2, 0.25) is 0 Å². The highest BCUT2D eigenvalue weighted by Crippen LogP contribution is 2.75. The van der Waals surface area contributed by atoms with Crippen LogP contribution in [0.25, 0.3) is 0 Å². The van der Waals surface area contributed by atoms with Crippen molar-refractivity contribution in [3.05, 3.63) is 35.9 Å². The number of hydrogen-bond donors (Lipinski definition) is 1. The largest absolute Gasteiger partial charge is 0.458 e. The molecule has 1 aromatic rings. The Hall–Kier alpha value is -1.68. The first-order valence-corrected chi connectivity index (χ1v) is 12.1. The standard InChI is InChI=1S/C27H36O4/c1-24-12-13-27(16-24)19(15-21(24)29)14-20(31-23(30)18-8-5-4-6-9-18)22-25(2,17-28)10-7-11-26(22,27)3/h4-6,8-9,19-20,22,28H,7,10-17H2,1-3H3/t19-,20?,22?,24?,25+,26-,27?/m0/s1. The van der Waals surface area contributed by atoms with Gasteiger partial charge in [-0.2, -0.15) is 0 Å². The van der Waals surface area contributed by atoms with Crippen LogP contribution in [0.3, 0.4) is 0 Å². The summed E-state index contributed by atoms with van der Waals surface area (Å²) in [5.74, 6) is 0.499. The zero-order chi connectivity index (χ0) is 22.1. The second kappa shape index (κ2) is 6.91. The second-order valence-electron chi connectivity index (χ2n) is 11.8. The van der Waals surface area contributed by atoms with Gasteiger partial charge in [0.1, 0.15) is 11.9 Å². The van der Waals surface area contributed by atoms with Gasteiger partial charge in [-0.05, 0) is 72.8 Å². The highest BCUT2D eigenvalue weighted by molar-refractivity contribution is 5.89. The number of carbonyl (C=O) groups excluding carboxylic acids is 2. The van der Waals surface area contributed by atoms with Gasteiger partial charge >= 0.3 is 5.97 Å². The summed E-state index contributed by atoms with van der Waals surface area (Å²) in [6.07, 6.45) is 7.28. The van der Waals surface area contributed by atoms with E-state index >= 15 is 0 Å². The van der Waals surface area contributed by atoms with E-state index in [9.17, 15) is 14.7 Å². The molecule has 4 aliphatic rings. The Morgan fingerprint density at radius 3 is 2.55 bits per heavy atom. The van der Waals surface area contributed by atoms with Gasteiger partial charge in [0.25, 0.3) is 0 Å². The first kappa shape index (κ1) is 21.2. The number of benzene rings is 1.